The number of hydrogen-bond acceptors (Lipinski definition) is 8. The number of likely N-dealkylation sites (tertiary alicyclic amines) is 1. The minimum atomic E-state index is -0.495. The first-order chi connectivity index (χ1) is 17.5. The summed E-state index contributed by atoms with van der Waals surface area (Å²) in [5.41, 5.74) is 2.73. The van der Waals surface area contributed by atoms with Crippen molar-refractivity contribution in [3.63, 3.8) is 0 Å². The fraction of sp³-hybridized carbons (Fsp3) is 0.462. The molecule has 0 unspecified atom stereocenters. The summed E-state index contributed by atoms with van der Waals surface area (Å²) in [4.78, 5) is 46.1. The molecule has 1 atom stereocenters. The Morgan fingerprint density at radius 2 is 2.11 bits per heavy atom. The van der Waals surface area contributed by atoms with Gasteiger partial charge in [0.2, 0.25) is 11.8 Å². The number of ether oxygens (including phenoxy) is 2. The van der Waals surface area contributed by atoms with Gasteiger partial charge in [-0.3, -0.25) is 9.59 Å². The highest BCUT2D eigenvalue weighted by Gasteiger charge is 2.41. The molecule has 0 bridgehead atoms. The van der Waals surface area contributed by atoms with Gasteiger partial charge in [-0.2, -0.15) is 0 Å². The third-order valence-electron chi connectivity index (χ3n) is 6.48. The second kappa shape index (κ2) is 11.6. The van der Waals surface area contributed by atoms with E-state index in [-0.39, 0.29) is 18.2 Å². The Hall–Kier alpha value is -3.27. The monoisotopic (exact) mass is 512 g/mol. The summed E-state index contributed by atoms with van der Waals surface area (Å²) in [6.07, 6.45) is 2.95. The number of amides is 2. The lowest BCUT2D eigenvalue weighted by molar-refractivity contribution is -0.137. The second-order valence-corrected chi connectivity index (χ2v) is 9.58. The molecular formula is C26H32N4O5S. The summed E-state index contributed by atoms with van der Waals surface area (Å²) in [5, 5.41) is 5.61. The molecule has 1 saturated heterocycles. The molecule has 1 fully saturated rings. The predicted molar refractivity (Wildman–Crippen MR) is 138 cm³/mol. The van der Waals surface area contributed by atoms with Crippen LogP contribution in [0.5, 0.6) is 5.75 Å². The van der Waals surface area contributed by atoms with Crippen molar-refractivity contribution in [3.05, 3.63) is 52.2 Å². The Morgan fingerprint density at radius 1 is 1.28 bits per heavy atom. The zero-order valence-corrected chi connectivity index (χ0v) is 21.7. The number of fused-ring (bicyclic) bond motifs is 1. The van der Waals surface area contributed by atoms with Crippen LogP contribution >= 0.6 is 11.8 Å². The van der Waals surface area contributed by atoms with Crippen LogP contribution in [-0.2, 0) is 19.1 Å². The molecule has 192 valence electrons. The number of rotatable bonds is 10. The molecule has 0 radical (unpaired) electrons. The first kappa shape index (κ1) is 25.8. The van der Waals surface area contributed by atoms with E-state index in [0.717, 1.165) is 29.4 Å². The van der Waals surface area contributed by atoms with Crippen molar-refractivity contribution in [2.75, 3.05) is 33.9 Å². The molecule has 1 N–H and O–H groups in total. The number of esters is 1. The third kappa shape index (κ3) is 5.43. The SMILES string of the molecule is CCC1=C(C(=O)OC)[C@@H](c2cccc(OC)c2)N2C(CC(=O)NCCCN3CCCC3=O)=CSC2=N1. The summed E-state index contributed by atoms with van der Waals surface area (Å²) in [6, 6.07) is 7.06. The maximum Gasteiger partial charge on any atom is 0.338 e. The van der Waals surface area contributed by atoms with E-state index in [9.17, 15) is 14.4 Å². The lowest BCUT2D eigenvalue weighted by atomic mass is 9.92. The number of amidine groups is 1. The van der Waals surface area contributed by atoms with Crippen molar-refractivity contribution in [1.82, 2.24) is 15.1 Å². The molecule has 4 rings (SSSR count). The van der Waals surface area contributed by atoms with E-state index in [4.69, 9.17) is 14.5 Å². The Bertz CT molecular complexity index is 1130. The van der Waals surface area contributed by atoms with E-state index in [1.54, 1.807) is 7.11 Å². The van der Waals surface area contributed by atoms with Gasteiger partial charge < -0.3 is 24.6 Å². The number of hydrogen-bond donors (Lipinski definition) is 1. The Morgan fingerprint density at radius 3 is 2.81 bits per heavy atom. The number of carbonyl (C=O) groups excluding carboxylic acids is 3. The zero-order valence-electron chi connectivity index (χ0n) is 20.9. The van der Waals surface area contributed by atoms with Gasteiger partial charge >= 0.3 is 5.97 Å². The zero-order chi connectivity index (χ0) is 25.7. The van der Waals surface area contributed by atoms with E-state index in [2.05, 4.69) is 5.32 Å². The first-order valence-electron chi connectivity index (χ1n) is 12.2. The van der Waals surface area contributed by atoms with Crippen LogP contribution in [-0.4, -0.2) is 66.6 Å². The van der Waals surface area contributed by atoms with Crippen molar-refractivity contribution in [2.45, 2.75) is 45.1 Å². The standard InChI is InChI=1S/C26H32N4O5S/c1-4-20-23(25(33)35-3)24(17-8-5-9-19(14-17)34-2)30-18(16-36-26(30)28-20)15-21(31)27-11-7-13-29-12-6-10-22(29)32/h5,8-9,14,16,24H,4,6-7,10-13,15H2,1-3H3,(H,27,31)/t24-/m1/s1. The minimum absolute atomic E-state index is 0.120. The van der Waals surface area contributed by atoms with Gasteiger partial charge in [-0.1, -0.05) is 30.8 Å². The lowest BCUT2D eigenvalue weighted by Gasteiger charge is -2.36. The molecule has 3 heterocycles. The van der Waals surface area contributed by atoms with E-state index >= 15 is 0 Å². The van der Waals surface area contributed by atoms with Crippen LogP contribution in [0, 0.1) is 0 Å². The molecule has 1 aromatic rings. The van der Waals surface area contributed by atoms with Crippen LogP contribution in [0.3, 0.4) is 0 Å². The summed E-state index contributed by atoms with van der Waals surface area (Å²) in [6.45, 7) is 3.91. The maximum atomic E-state index is 13.0. The average Bonchev–Trinajstić information content (AvgIpc) is 3.50. The molecule has 0 aromatic heterocycles. The van der Waals surface area contributed by atoms with Crippen molar-refractivity contribution in [2.24, 2.45) is 4.99 Å². The Kier molecular flexibility index (Phi) is 8.35. The highest BCUT2D eigenvalue weighted by atomic mass is 32.2. The summed E-state index contributed by atoms with van der Waals surface area (Å²) in [7, 11) is 2.96. The van der Waals surface area contributed by atoms with Crippen molar-refractivity contribution in [1.29, 1.82) is 0 Å². The number of nitrogens with zero attached hydrogens (tertiary/aromatic N) is 3. The topological polar surface area (TPSA) is 101 Å². The van der Waals surface area contributed by atoms with Crippen LogP contribution in [0.1, 0.15) is 50.6 Å². The highest BCUT2D eigenvalue weighted by molar-refractivity contribution is 8.16. The largest absolute Gasteiger partial charge is 0.497 e. The number of methoxy groups -OCH3 is 2. The number of carbonyl (C=O) groups is 3. The molecule has 9 nitrogen and oxygen atoms in total. The lowest BCUT2D eigenvalue weighted by Crippen LogP contribution is -2.38. The normalized spacial score (nSPS) is 19.2. The van der Waals surface area contributed by atoms with Crippen LogP contribution < -0.4 is 10.1 Å². The van der Waals surface area contributed by atoms with Crippen LogP contribution in [0.25, 0.3) is 0 Å². The second-order valence-electron chi connectivity index (χ2n) is 8.74. The van der Waals surface area contributed by atoms with Gasteiger partial charge in [0.1, 0.15) is 5.75 Å². The van der Waals surface area contributed by atoms with E-state index in [1.165, 1.54) is 18.9 Å². The number of nitrogens with one attached hydrogen (secondary N) is 1. The molecule has 1 aromatic carbocycles. The molecule has 0 saturated carbocycles. The summed E-state index contributed by atoms with van der Waals surface area (Å²) < 4.78 is 10.6. The smallest absolute Gasteiger partial charge is 0.338 e. The van der Waals surface area contributed by atoms with Crippen LogP contribution in [0.15, 0.2) is 51.6 Å². The summed E-state index contributed by atoms with van der Waals surface area (Å²) >= 11 is 1.44. The molecular weight excluding hydrogens is 480 g/mol. The van der Waals surface area contributed by atoms with Gasteiger partial charge in [0.15, 0.2) is 5.17 Å². The van der Waals surface area contributed by atoms with Gasteiger partial charge in [-0.05, 0) is 42.4 Å². The van der Waals surface area contributed by atoms with Crippen LogP contribution in [0.2, 0.25) is 0 Å². The van der Waals surface area contributed by atoms with Gasteiger partial charge in [0, 0.05) is 31.8 Å². The third-order valence-corrected chi connectivity index (χ3v) is 7.37. The molecule has 3 aliphatic rings. The summed E-state index contributed by atoms with van der Waals surface area (Å²) in [5.74, 6) is 0.297. The number of thioether (sulfide) groups is 1. The van der Waals surface area contributed by atoms with Gasteiger partial charge in [0.05, 0.1) is 38.0 Å². The van der Waals surface area contributed by atoms with Crippen LogP contribution in [0.4, 0.5) is 0 Å². The minimum Gasteiger partial charge on any atom is -0.497 e. The molecule has 36 heavy (non-hydrogen) atoms. The van der Waals surface area contributed by atoms with E-state index in [1.807, 2.05) is 46.4 Å². The van der Waals surface area contributed by atoms with E-state index < -0.39 is 12.0 Å². The van der Waals surface area contributed by atoms with Crippen molar-refractivity contribution in [3.8, 4) is 5.75 Å². The number of benzene rings is 1. The van der Waals surface area contributed by atoms with Gasteiger partial charge in [-0.25, -0.2) is 9.79 Å². The molecule has 2 amide bonds. The van der Waals surface area contributed by atoms with Gasteiger partial charge in [0.25, 0.3) is 0 Å². The Balaban J connectivity index is 1.52. The predicted octanol–water partition coefficient (Wildman–Crippen LogP) is 3.35. The highest BCUT2D eigenvalue weighted by Crippen LogP contribution is 2.45. The first-order valence-corrected chi connectivity index (χ1v) is 13.1. The number of aliphatic imine (C=N–C) groups is 1. The number of allylic oxidation sites excluding steroid dienone is 1. The van der Waals surface area contributed by atoms with Gasteiger partial charge in [-0.15, -0.1) is 0 Å². The Labute approximate surface area is 215 Å². The fourth-order valence-electron chi connectivity index (χ4n) is 4.70. The van der Waals surface area contributed by atoms with Crippen molar-refractivity contribution < 1.29 is 23.9 Å². The van der Waals surface area contributed by atoms with Crippen molar-refractivity contribution >= 4 is 34.7 Å². The van der Waals surface area contributed by atoms with E-state index in [0.29, 0.717) is 49.4 Å². The molecule has 0 aliphatic carbocycles. The average molecular weight is 513 g/mol. The molecule has 3 aliphatic heterocycles. The fourth-order valence-corrected chi connectivity index (χ4v) is 5.64. The molecule has 10 heteroatoms. The quantitative estimate of drug-likeness (QED) is 0.379. The molecule has 0 spiro atoms. The maximum absolute atomic E-state index is 13.0.